The van der Waals surface area contributed by atoms with E-state index in [1.165, 1.54) is 0 Å². The van der Waals surface area contributed by atoms with Gasteiger partial charge in [0.15, 0.2) is 5.82 Å². The summed E-state index contributed by atoms with van der Waals surface area (Å²) >= 11 is 0. The van der Waals surface area contributed by atoms with Crippen LogP contribution >= 0.6 is 0 Å². The molecule has 1 atom stereocenters. The fourth-order valence-corrected chi connectivity index (χ4v) is 1.51. The van der Waals surface area contributed by atoms with Gasteiger partial charge in [0.1, 0.15) is 6.04 Å². The van der Waals surface area contributed by atoms with Gasteiger partial charge in [-0.05, 0) is 19.1 Å². The standard InChI is InChI=1S/C12H14N6O2/c1-8(11(19)13-7-10-15-17-18-16-10)14-12(20)9-5-3-2-4-6-9/h2-6,8H,7H2,1H3,(H,13,19)(H,14,20)(H,15,16,17,18). The van der Waals surface area contributed by atoms with Crippen molar-refractivity contribution in [3.8, 4) is 0 Å². The maximum Gasteiger partial charge on any atom is 0.251 e. The van der Waals surface area contributed by atoms with E-state index in [1.807, 2.05) is 6.07 Å². The van der Waals surface area contributed by atoms with Crippen molar-refractivity contribution in [2.75, 3.05) is 0 Å². The third-order valence-corrected chi connectivity index (χ3v) is 2.59. The number of aromatic amines is 1. The first-order valence-electron chi connectivity index (χ1n) is 6.03. The van der Waals surface area contributed by atoms with Crippen molar-refractivity contribution < 1.29 is 9.59 Å². The van der Waals surface area contributed by atoms with Gasteiger partial charge in [-0.2, -0.15) is 5.21 Å². The Bertz CT molecular complexity index is 569. The Morgan fingerprint density at radius 2 is 2.05 bits per heavy atom. The highest BCUT2D eigenvalue weighted by molar-refractivity contribution is 5.97. The molecule has 1 aromatic carbocycles. The number of aromatic nitrogens is 4. The zero-order valence-electron chi connectivity index (χ0n) is 10.8. The molecular formula is C12H14N6O2. The Morgan fingerprint density at radius 3 is 2.70 bits per heavy atom. The van der Waals surface area contributed by atoms with Crippen LogP contribution in [0.1, 0.15) is 23.1 Å². The third kappa shape index (κ3) is 3.61. The van der Waals surface area contributed by atoms with E-state index in [2.05, 4.69) is 31.3 Å². The maximum atomic E-state index is 11.9. The zero-order chi connectivity index (χ0) is 14.4. The Kier molecular flexibility index (Phi) is 4.38. The van der Waals surface area contributed by atoms with Crippen LogP contribution in [0.4, 0.5) is 0 Å². The Labute approximate surface area is 115 Å². The summed E-state index contributed by atoms with van der Waals surface area (Å²) in [5, 5.41) is 18.3. The van der Waals surface area contributed by atoms with Crippen LogP contribution in [0, 0.1) is 0 Å². The van der Waals surface area contributed by atoms with Crippen LogP contribution < -0.4 is 10.6 Å². The van der Waals surface area contributed by atoms with Crippen molar-refractivity contribution in [3.63, 3.8) is 0 Å². The minimum absolute atomic E-state index is 0.154. The van der Waals surface area contributed by atoms with Gasteiger partial charge in [0, 0.05) is 5.56 Å². The molecule has 0 saturated carbocycles. The summed E-state index contributed by atoms with van der Waals surface area (Å²) in [7, 11) is 0. The molecule has 0 aliphatic heterocycles. The highest BCUT2D eigenvalue weighted by atomic mass is 16.2. The van der Waals surface area contributed by atoms with E-state index < -0.39 is 6.04 Å². The zero-order valence-corrected chi connectivity index (χ0v) is 10.8. The van der Waals surface area contributed by atoms with Gasteiger partial charge in [-0.25, -0.2) is 0 Å². The summed E-state index contributed by atoms with van der Waals surface area (Å²) in [6, 6.07) is 8.04. The number of benzene rings is 1. The SMILES string of the molecule is CC(NC(=O)c1ccccc1)C(=O)NCc1nn[nH]n1. The second-order valence-electron chi connectivity index (χ2n) is 4.11. The van der Waals surface area contributed by atoms with Crippen LogP contribution in [0.3, 0.4) is 0 Å². The van der Waals surface area contributed by atoms with E-state index in [0.29, 0.717) is 11.4 Å². The molecule has 20 heavy (non-hydrogen) atoms. The average Bonchev–Trinajstić information content (AvgIpc) is 2.98. The van der Waals surface area contributed by atoms with Crippen molar-refractivity contribution in [1.82, 2.24) is 31.3 Å². The van der Waals surface area contributed by atoms with E-state index >= 15 is 0 Å². The predicted octanol–water partition coefficient (Wildman–Crippen LogP) is -0.366. The number of carbonyl (C=O) groups excluding carboxylic acids is 2. The molecule has 1 heterocycles. The van der Waals surface area contributed by atoms with E-state index in [4.69, 9.17) is 0 Å². The fourth-order valence-electron chi connectivity index (χ4n) is 1.51. The fraction of sp³-hybridized carbons (Fsp3) is 0.250. The average molecular weight is 274 g/mol. The van der Waals surface area contributed by atoms with E-state index in [1.54, 1.807) is 31.2 Å². The van der Waals surface area contributed by atoms with Gasteiger partial charge in [0.25, 0.3) is 5.91 Å². The molecule has 0 bridgehead atoms. The van der Waals surface area contributed by atoms with Gasteiger partial charge in [0.05, 0.1) is 6.54 Å². The van der Waals surface area contributed by atoms with Crippen molar-refractivity contribution in [2.45, 2.75) is 19.5 Å². The Balaban J connectivity index is 1.83. The minimum atomic E-state index is -0.658. The van der Waals surface area contributed by atoms with E-state index in [-0.39, 0.29) is 18.4 Å². The van der Waals surface area contributed by atoms with Crippen molar-refractivity contribution in [2.24, 2.45) is 0 Å². The molecule has 0 fully saturated rings. The highest BCUT2D eigenvalue weighted by Crippen LogP contribution is 1.98. The molecule has 2 amide bonds. The smallest absolute Gasteiger partial charge is 0.251 e. The largest absolute Gasteiger partial charge is 0.347 e. The lowest BCUT2D eigenvalue weighted by Gasteiger charge is -2.13. The summed E-state index contributed by atoms with van der Waals surface area (Å²) in [6.07, 6.45) is 0. The lowest BCUT2D eigenvalue weighted by atomic mass is 10.2. The van der Waals surface area contributed by atoms with Crippen molar-refractivity contribution in [3.05, 3.63) is 41.7 Å². The van der Waals surface area contributed by atoms with Crippen LogP contribution in [0.15, 0.2) is 30.3 Å². The lowest BCUT2D eigenvalue weighted by molar-refractivity contribution is -0.122. The number of nitrogens with zero attached hydrogens (tertiary/aromatic N) is 3. The Hall–Kier alpha value is -2.77. The van der Waals surface area contributed by atoms with Gasteiger partial charge >= 0.3 is 0 Å². The second kappa shape index (κ2) is 6.41. The summed E-state index contributed by atoms with van der Waals surface area (Å²) < 4.78 is 0. The molecular weight excluding hydrogens is 260 g/mol. The van der Waals surface area contributed by atoms with Gasteiger partial charge in [-0.3, -0.25) is 9.59 Å². The van der Waals surface area contributed by atoms with Gasteiger partial charge in [0.2, 0.25) is 5.91 Å². The topological polar surface area (TPSA) is 113 Å². The first-order chi connectivity index (χ1) is 9.66. The first-order valence-corrected chi connectivity index (χ1v) is 6.03. The summed E-state index contributed by atoms with van der Waals surface area (Å²) in [5.41, 5.74) is 0.505. The van der Waals surface area contributed by atoms with Gasteiger partial charge < -0.3 is 10.6 Å². The number of nitrogens with one attached hydrogen (secondary N) is 3. The molecule has 2 aromatic rings. The maximum absolute atomic E-state index is 11.9. The van der Waals surface area contributed by atoms with Crippen molar-refractivity contribution in [1.29, 1.82) is 0 Å². The number of carbonyl (C=O) groups is 2. The highest BCUT2D eigenvalue weighted by Gasteiger charge is 2.16. The lowest BCUT2D eigenvalue weighted by Crippen LogP contribution is -2.44. The molecule has 104 valence electrons. The number of rotatable bonds is 5. The number of hydrogen-bond acceptors (Lipinski definition) is 5. The molecule has 8 nitrogen and oxygen atoms in total. The van der Waals surface area contributed by atoms with Crippen molar-refractivity contribution >= 4 is 11.8 Å². The number of tetrazole rings is 1. The predicted molar refractivity (Wildman–Crippen MR) is 69.4 cm³/mol. The van der Waals surface area contributed by atoms with Crippen LogP contribution in [0.5, 0.6) is 0 Å². The molecule has 1 aromatic heterocycles. The molecule has 0 aliphatic carbocycles. The monoisotopic (exact) mass is 274 g/mol. The third-order valence-electron chi connectivity index (χ3n) is 2.59. The second-order valence-corrected chi connectivity index (χ2v) is 4.11. The summed E-state index contributed by atoms with van der Waals surface area (Å²) in [6.45, 7) is 1.76. The molecule has 0 aliphatic rings. The molecule has 3 N–H and O–H groups in total. The Morgan fingerprint density at radius 1 is 1.30 bits per heavy atom. The molecule has 0 saturated heterocycles. The molecule has 0 radical (unpaired) electrons. The van der Waals surface area contributed by atoms with Gasteiger partial charge in [-0.1, -0.05) is 23.4 Å². The number of H-pyrrole nitrogens is 1. The van der Waals surface area contributed by atoms with E-state index in [0.717, 1.165) is 0 Å². The quantitative estimate of drug-likeness (QED) is 0.689. The number of hydrogen-bond donors (Lipinski definition) is 3. The summed E-state index contributed by atoms with van der Waals surface area (Å²) in [5.74, 6) is -0.244. The van der Waals surface area contributed by atoms with Gasteiger partial charge in [-0.15, -0.1) is 10.2 Å². The molecule has 2 rings (SSSR count). The molecule has 0 spiro atoms. The number of amides is 2. The van der Waals surface area contributed by atoms with Crippen LogP contribution in [0.25, 0.3) is 0 Å². The minimum Gasteiger partial charge on any atom is -0.347 e. The van der Waals surface area contributed by atoms with Crippen LogP contribution in [0.2, 0.25) is 0 Å². The first kappa shape index (κ1) is 13.7. The normalized spacial score (nSPS) is 11.7. The molecule has 8 heteroatoms. The van der Waals surface area contributed by atoms with E-state index in [9.17, 15) is 9.59 Å². The summed E-state index contributed by atoms with van der Waals surface area (Å²) in [4.78, 5) is 23.7. The van der Waals surface area contributed by atoms with Crippen LogP contribution in [-0.2, 0) is 11.3 Å². The molecule has 1 unspecified atom stereocenters. The van der Waals surface area contributed by atoms with Crippen LogP contribution in [-0.4, -0.2) is 38.5 Å².